The molecule has 0 aliphatic carbocycles. The fraction of sp³-hybridized carbons (Fsp3) is 0.235. The van der Waals surface area contributed by atoms with Crippen molar-refractivity contribution in [3.8, 4) is 5.75 Å². The maximum atomic E-state index is 12.5. The van der Waals surface area contributed by atoms with Gasteiger partial charge < -0.3 is 10.0 Å². The number of benzene rings is 2. The first-order valence-electron chi connectivity index (χ1n) is 6.80. The number of aromatic hydroxyl groups is 1. The Morgan fingerprint density at radius 1 is 1.10 bits per heavy atom. The number of rotatable bonds is 2. The number of nitrogens with zero attached hydrogens (tertiary/aromatic N) is 1. The van der Waals surface area contributed by atoms with Crippen LogP contribution >= 0.6 is 15.9 Å². The molecule has 1 amide bonds. The van der Waals surface area contributed by atoms with Crippen molar-refractivity contribution >= 4 is 27.5 Å². The summed E-state index contributed by atoms with van der Waals surface area (Å²) in [6, 6.07) is 14.7. The van der Waals surface area contributed by atoms with Gasteiger partial charge in [-0.25, -0.2) is 0 Å². The molecular formula is C17H16BrNO2. The van der Waals surface area contributed by atoms with Gasteiger partial charge in [0.2, 0.25) is 5.91 Å². The molecule has 21 heavy (non-hydrogen) atoms. The van der Waals surface area contributed by atoms with Crippen LogP contribution in [0, 0.1) is 5.41 Å². The molecule has 0 unspecified atom stereocenters. The SMILES string of the molecule is CC1(C)C(=O)N(c2ccc(Br)cc2)[C@@H]1c1ccccc1O. The van der Waals surface area contributed by atoms with Crippen molar-refractivity contribution in [1.82, 2.24) is 0 Å². The first-order chi connectivity index (χ1) is 9.93. The topological polar surface area (TPSA) is 40.5 Å². The molecule has 0 saturated carbocycles. The van der Waals surface area contributed by atoms with Crippen molar-refractivity contribution in [2.75, 3.05) is 4.90 Å². The van der Waals surface area contributed by atoms with E-state index in [1.54, 1.807) is 17.0 Å². The minimum absolute atomic E-state index is 0.0677. The van der Waals surface area contributed by atoms with Gasteiger partial charge in [-0.05, 0) is 44.2 Å². The number of hydrogen-bond acceptors (Lipinski definition) is 2. The van der Waals surface area contributed by atoms with Gasteiger partial charge in [-0.3, -0.25) is 4.79 Å². The van der Waals surface area contributed by atoms with Gasteiger partial charge >= 0.3 is 0 Å². The predicted octanol–water partition coefficient (Wildman–Crippen LogP) is 4.27. The van der Waals surface area contributed by atoms with Crippen LogP contribution in [0.2, 0.25) is 0 Å². The van der Waals surface area contributed by atoms with Crippen LogP contribution in [0.5, 0.6) is 5.75 Å². The van der Waals surface area contributed by atoms with E-state index >= 15 is 0 Å². The van der Waals surface area contributed by atoms with Gasteiger partial charge in [-0.15, -0.1) is 0 Å². The number of anilines is 1. The van der Waals surface area contributed by atoms with Gasteiger partial charge in [0.25, 0.3) is 0 Å². The summed E-state index contributed by atoms with van der Waals surface area (Å²) in [7, 11) is 0. The average Bonchev–Trinajstić information content (AvgIpc) is 2.46. The standard InChI is InChI=1S/C17H16BrNO2/c1-17(2)15(13-5-3-4-6-14(13)20)19(16(17)21)12-9-7-11(18)8-10-12/h3-10,15,20H,1-2H3/t15-/m1/s1. The molecule has 1 heterocycles. The maximum Gasteiger partial charge on any atom is 0.235 e. The van der Waals surface area contributed by atoms with E-state index in [1.807, 2.05) is 50.2 Å². The first-order valence-corrected chi connectivity index (χ1v) is 7.59. The summed E-state index contributed by atoms with van der Waals surface area (Å²) in [5.74, 6) is 0.295. The third kappa shape index (κ3) is 2.14. The monoisotopic (exact) mass is 345 g/mol. The average molecular weight is 346 g/mol. The molecular weight excluding hydrogens is 330 g/mol. The molecule has 2 aromatic carbocycles. The Morgan fingerprint density at radius 2 is 1.71 bits per heavy atom. The second-order valence-corrected chi connectivity index (χ2v) is 6.75. The molecule has 3 rings (SSSR count). The van der Waals surface area contributed by atoms with Gasteiger partial charge in [0.1, 0.15) is 5.75 Å². The Hall–Kier alpha value is -1.81. The fourth-order valence-electron chi connectivity index (χ4n) is 2.92. The Labute approximate surface area is 132 Å². The smallest absolute Gasteiger partial charge is 0.235 e. The number of para-hydroxylation sites is 1. The molecule has 4 heteroatoms. The number of phenols is 1. The third-order valence-corrected chi connectivity index (χ3v) is 4.58. The normalized spacial score (nSPS) is 20.2. The van der Waals surface area contributed by atoms with E-state index in [4.69, 9.17) is 0 Å². The quantitative estimate of drug-likeness (QED) is 0.825. The van der Waals surface area contributed by atoms with E-state index in [0.29, 0.717) is 0 Å². The minimum atomic E-state index is -0.522. The Bertz CT molecular complexity index is 694. The van der Waals surface area contributed by atoms with Crippen LogP contribution in [-0.4, -0.2) is 11.0 Å². The van der Waals surface area contributed by atoms with Gasteiger partial charge in [-0.2, -0.15) is 0 Å². The fourth-order valence-corrected chi connectivity index (χ4v) is 3.18. The number of halogens is 1. The van der Waals surface area contributed by atoms with Crippen molar-refractivity contribution in [2.24, 2.45) is 5.41 Å². The van der Waals surface area contributed by atoms with Crippen molar-refractivity contribution in [3.05, 3.63) is 58.6 Å². The van der Waals surface area contributed by atoms with Crippen molar-refractivity contribution in [3.63, 3.8) is 0 Å². The molecule has 108 valence electrons. The molecule has 0 spiro atoms. The van der Waals surface area contributed by atoms with Crippen LogP contribution in [0.3, 0.4) is 0 Å². The number of phenolic OH excluding ortho intramolecular Hbond substituents is 1. The van der Waals surface area contributed by atoms with E-state index in [1.165, 1.54) is 0 Å². The van der Waals surface area contributed by atoms with E-state index < -0.39 is 5.41 Å². The third-order valence-electron chi connectivity index (χ3n) is 4.05. The lowest BCUT2D eigenvalue weighted by atomic mass is 9.70. The Kier molecular flexibility index (Phi) is 3.29. The van der Waals surface area contributed by atoms with E-state index in [-0.39, 0.29) is 17.7 Å². The molecule has 3 nitrogen and oxygen atoms in total. The summed E-state index contributed by atoms with van der Waals surface area (Å²) < 4.78 is 0.970. The second kappa shape index (κ2) is 4.88. The molecule has 1 aliphatic heterocycles. The second-order valence-electron chi connectivity index (χ2n) is 5.83. The minimum Gasteiger partial charge on any atom is -0.508 e. The van der Waals surface area contributed by atoms with E-state index in [2.05, 4.69) is 15.9 Å². The van der Waals surface area contributed by atoms with Crippen molar-refractivity contribution < 1.29 is 9.90 Å². The number of hydrogen-bond donors (Lipinski definition) is 1. The van der Waals surface area contributed by atoms with E-state index in [0.717, 1.165) is 15.7 Å². The molecule has 1 fully saturated rings. The van der Waals surface area contributed by atoms with Crippen molar-refractivity contribution in [2.45, 2.75) is 19.9 Å². The Balaban J connectivity index is 2.06. The summed E-state index contributed by atoms with van der Waals surface area (Å²) in [6.07, 6.45) is 0. The van der Waals surface area contributed by atoms with Crippen LogP contribution < -0.4 is 4.90 Å². The zero-order valence-corrected chi connectivity index (χ0v) is 13.5. The summed E-state index contributed by atoms with van der Waals surface area (Å²) in [4.78, 5) is 14.2. The molecule has 1 aliphatic rings. The van der Waals surface area contributed by atoms with Crippen LogP contribution in [0.25, 0.3) is 0 Å². The molecule has 0 radical (unpaired) electrons. The van der Waals surface area contributed by atoms with Crippen LogP contribution in [0.15, 0.2) is 53.0 Å². The number of carbonyl (C=O) groups is 1. The number of β-lactam (4-membered cyclic amide) rings is 1. The van der Waals surface area contributed by atoms with Crippen molar-refractivity contribution in [1.29, 1.82) is 0 Å². The molecule has 2 aromatic rings. The van der Waals surface area contributed by atoms with E-state index in [9.17, 15) is 9.90 Å². The number of amides is 1. The zero-order chi connectivity index (χ0) is 15.2. The lowest BCUT2D eigenvalue weighted by molar-refractivity contribution is -0.137. The highest BCUT2D eigenvalue weighted by Gasteiger charge is 2.56. The van der Waals surface area contributed by atoms with Crippen LogP contribution in [0.1, 0.15) is 25.5 Å². The van der Waals surface area contributed by atoms with Gasteiger partial charge in [-0.1, -0.05) is 34.1 Å². The number of carbonyl (C=O) groups excluding carboxylic acids is 1. The predicted molar refractivity (Wildman–Crippen MR) is 86.3 cm³/mol. The molecule has 1 N–H and O–H groups in total. The first kappa shape index (κ1) is 14.1. The largest absolute Gasteiger partial charge is 0.508 e. The Morgan fingerprint density at radius 3 is 2.33 bits per heavy atom. The molecule has 1 saturated heterocycles. The molecule has 0 bridgehead atoms. The molecule has 0 aromatic heterocycles. The highest BCUT2D eigenvalue weighted by molar-refractivity contribution is 9.10. The summed E-state index contributed by atoms with van der Waals surface area (Å²) >= 11 is 3.40. The highest BCUT2D eigenvalue weighted by Crippen LogP contribution is 2.53. The highest BCUT2D eigenvalue weighted by atomic mass is 79.9. The van der Waals surface area contributed by atoms with Gasteiger partial charge in [0.15, 0.2) is 0 Å². The molecule has 1 atom stereocenters. The lowest BCUT2D eigenvalue weighted by Crippen LogP contribution is -2.61. The maximum absolute atomic E-state index is 12.5. The summed E-state index contributed by atoms with van der Waals surface area (Å²) in [6.45, 7) is 3.84. The van der Waals surface area contributed by atoms with Gasteiger partial charge in [0.05, 0.1) is 11.5 Å². The lowest BCUT2D eigenvalue weighted by Gasteiger charge is -2.53. The summed E-state index contributed by atoms with van der Waals surface area (Å²) in [5.41, 5.74) is 1.10. The van der Waals surface area contributed by atoms with Gasteiger partial charge in [0, 0.05) is 15.7 Å². The van der Waals surface area contributed by atoms with Crippen LogP contribution in [0.4, 0.5) is 5.69 Å². The summed E-state index contributed by atoms with van der Waals surface area (Å²) in [5, 5.41) is 10.1. The van der Waals surface area contributed by atoms with Crippen LogP contribution in [-0.2, 0) is 4.79 Å². The zero-order valence-electron chi connectivity index (χ0n) is 11.9.